The van der Waals surface area contributed by atoms with Crippen molar-refractivity contribution < 1.29 is 44.3 Å². The van der Waals surface area contributed by atoms with E-state index in [-0.39, 0.29) is 24.3 Å². The van der Waals surface area contributed by atoms with Gasteiger partial charge in [-0.1, -0.05) is 6.07 Å². The van der Waals surface area contributed by atoms with Gasteiger partial charge in [-0.3, -0.25) is 9.78 Å². The smallest absolute Gasteiger partial charge is 0.288 e. The fourth-order valence-electron chi connectivity index (χ4n) is 2.11. The highest BCUT2D eigenvalue weighted by Gasteiger charge is 2.38. The molecule has 1 aromatic heterocycles. The molecule has 1 heterocycles. The second-order valence-corrected chi connectivity index (χ2v) is 5.39. The number of nitrogens with zero attached hydrogens (tertiary/aromatic N) is 1. The van der Waals surface area contributed by atoms with Gasteiger partial charge >= 0.3 is 12.4 Å². The molecule has 0 aliphatic heterocycles. The number of alkyl halides is 8. The first-order valence-electron chi connectivity index (χ1n) is 7.25. The van der Waals surface area contributed by atoms with E-state index >= 15 is 0 Å². The van der Waals surface area contributed by atoms with Crippen molar-refractivity contribution in [3.63, 3.8) is 0 Å². The highest BCUT2D eigenvalue weighted by Crippen LogP contribution is 2.37. The monoisotopic (exact) mass is 413 g/mol. The summed E-state index contributed by atoms with van der Waals surface area (Å²) >= 11 is 0. The van der Waals surface area contributed by atoms with Crippen LogP contribution < -0.4 is 0 Å². The molecule has 150 valence electrons. The van der Waals surface area contributed by atoms with E-state index in [0.29, 0.717) is 6.20 Å². The summed E-state index contributed by atoms with van der Waals surface area (Å²) in [6.07, 6.45) is -12.7. The van der Waals surface area contributed by atoms with E-state index in [1.54, 1.807) is 0 Å². The summed E-state index contributed by atoms with van der Waals surface area (Å²) in [7, 11) is 0. The zero-order valence-corrected chi connectivity index (χ0v) is 13.4. The third-order valence-electron chi connectivity index (χ3n) is 3.46. The van der Waals surface area contributed by atoms with Crippen molar-refractivity contribution >= 4 is 11.4 Å². The molecule has 0 saturated carbocycles. The molecule has 2 aromatic rings. The molecule has 0 bridgehead atoms. The zero-order valence-electron chi connectivity index (χ0n) is 13.4. The van der Waals surface area contributed by atoms with E-state index in [4.69, 9.17) is 0 Å². The lowest BCUT2D eigenvalue weighted by Crippen LogP contribution is -2.15. The predicted octanol–water partition coefficient (Wildman–Crippen LogP) is 6.01. The largest absolute Gasteiger partial charge is 0.417 e. The standard InChI is InChI=1S/C17H8F9NO/c18-12-5-9(16(21,22)23)2-3-10(12)11(17(24,25)26)6-14(28)13-4-1-8(7-27-13)15(19)20/h1-7,15H/b11-6-. The second kappa shape index (κ2) is 7.64. The molecule has 0 amide bonds. The number of carbonyl (C=O) groups excluding carboxylic acids is 1. The van der Waals surface area contributed by atoms with Gasteiger partial charge in [-0.2, -0.15) is 26.3 Å². The van der Waals surface area contributed by atoms with Gasteiger partial charge in [0.2, 0.25) is 5.78 Å². The fraction of sp³-hybridized carbons (Fsp3) is 0.176. The maximum atomic E-state index is 13.9. The van der Waals surface area contributed by atoms with Crippen molar-refractivity contribution in [3.8, 4) is 0 Å². The van der Waals surface area contributed by atoms with Crippen LogP contribution in [0.5, 0.6) is 0 Å². The summed E-state index contributed by atoms with van der Waals surface area (Å²) in [4.78, 5) is 15.3. The summed E-state index contributed by atoms with van der Waals surface area (Å²) in [5.41, 5.74) is -5.85. The van der Waals surface area contributed by atoms with Gasteiger partial charge in [0.25, 0.3) is 6.43 Å². The number of hydrogen-bond donors (Lipinski definition) is 0. The molecule has 0 unspecified atom stereocenters. The number of rotatable bonds is 4. The van der Waals surface area contributed by atoms with E-state index in [0.717, 1.165) is 12.1 Å². The fourth-order valence-corrected chi connectivity index (χ4v) is 2.11. The van der Waals surface area contributed by atoms with Gasteiger partial charge in [0.1, 0.15) is 11.5 Å². The van der Waals surface area contributed by atoms with Crippen LogP contribution in [0.4, 0.5) is 39.5 Å². The Bertz CT molecular complexity index is 896. The SMILES string of the molecule is O=C(/C=C(/c1ccc(C(F)(F)F)cc1F)C(F)(F)F)c1ccc(C(F)F)cn1. The Morgan fingerprint density at radius 2 is 1.64 bits per heavy atom. The van der Waals surface area contributed by atoms with Crippen LogP contribution in [0.1, 0.15) is 33.6 Å². The van der Waals surface area contributed by atoms with Crippen LogP contribution in [-0.4, -0.2) is 16.9 Å². The van der Waals surface area contributed by atoms with Crippen LogP contribution in [0.15, 0.2) is 42.6 Å². The van der Waals surface area contributed by atoms with Gasteiger partial charge in [-0.25, -0.2) is 13.2 Å². The number of carbonyl (C=O) groups is 1. The Morgan fingerprint density at radius 1 is 1.00 bits per heavy atom. The molecule has 28 heavy (non-hydrogen) atoms. The number of ketones is 1. The van der Waals surface area contributed by atoms with Gasteiger partial charge in [0, 0.05) is 23.4 Å². The molecule has 2 nitrogen and oxygen atoms in total. The molecule has 0 saturated heterocycles. The summed E-state index contributed by atoms with van der Waals surface area (Å²) < 4.78 is 116. The Labute approximate surface area is 151 Å². The lowest BCUT2D eigenvalue weighted by atomic mass is 10.0. The molecule has 0 atom stereocenters. The molecule has 0 N–H and O–H groups in total. The molecule has 0 aliphatic rings. The second-order valence-electron chi connectivity index (χ2n) is 5.39. The van der Waals surface area contributed by atoms with Crippen molar-refractivity contribution in [3.05, 3.63) is 70.8 Å². The molecule has 0 fully saturated rings. The van der Waals surface area contributed by atoms with Crippen LogP contribution in [0.3, 0.4) is 0 Å². The van der Waals surface area contributed by atoms with Crippen molar-refractivity contribution in [2.45, 2.75) is 18.8 Å². The molecule has 0 radical (unpaired) electrons. The van der Waals surface area contributed by atoms with Crippen LogP contribution in [0.25, 0.3) is 5.57 Å². The number of aromatic nitrogens is 1. The minimum Gasteiger partial charge on any atom is -0.288 e. The minimum atomic E-state index is -5.29. The first-order chi connectivity index (χ1) is 12.8. The number of pyridine rings is 1. The average Bonchev–Trinajstić information content (AvgIpc) is 2.58. The Kier molecular flexibility index (Phi) is 5.86. The first kappa shape index (κ1) is 21.5. The Balaban J connectivity index is 2.48. The summed E-state index contributed by atoms with van der Waals surface area (Å²) in [5.74, 6) is -3.24. The van der Waals surface area contributed by atoms with E-state index in [9.17, 15) is 44.3 Å². The van der Waals surface area contributed by atoms with E-state index < -0.39 is 58.3 Å². The van der Waals surface area contributed by atoms with Gasteiger partial charge in [0.05, 0.1) is 11.1 Å². The molecule has 11 heteroatoms. The van der Waals surface area contributed by atoms with Gasteiger partial charge in [-0.15, -0.1) is 0 Å². The van der Waals surface area contributed by atoms with E-state index in [1.807, 2.05) is 0 Å². The van der Waals surface area contributed by atoms with Crippen molar-refractivity contribution in [1.29, 1.82) is 0 Å². The third kappa shape index (κ3) is 4.90. The maximum absolute atomic E-state index is 13.9. The normalized spacial score (nSPS) is 13.1. The molecule has 0 spiro atoms. The van der Waals surface area contributed by atoms with Gasteiger partial charge in [0.15, 0.2) is 0 Å². The van der Waals surface area contributed by atoms with Crippen molar-refractivity contribution in [2.75, 3.05) is 0 Å². The van der Waals surface area contributed by atoms with Crippen molar-refractivity contribution in [1.82, 2.24) is 4.98 Å². The molecule has 1 aromatic carbocycles. The number of halogens is 9. The molecular formula is C17H8F9NO. The molecular weight excluding hydrogens is 405 g/mol. The van der Waals surface area contributed by atoms with E-state index in [1.165, 1.54) is 0 Å². The average molecular weight is 413 g/mol. The molecule has 0 aliphatic carbocycles. The Hall–Kier alpha value is -2.85. The number of allylic oxidation sites excluding steroid dienone is 2. The molecule has 2 rings (SSSR count). The lowest BCUT2D eigenvalue weighted by Gasteiger charge is -2.14. The highest BCUT2D eigenvalue weighted by molar-refractivity contribution is 6.07. The van der Waals surface area contributed by atoms with E-state index in [2.05, 4.69) is 4.98 Å². The summed E-state index contributed by atoms with van der Waals surface area (Å²) in [6, 6.07) is 1.87. The Morgan fingerprint density at radius 3 is 2.07 bits per heavy atom. The topological polar surface area (TPSA) is 30.0 Å². The van der Waals surface area contributed by atoms with Crippen LogP contribution in [-0.2, 0) is 6.18 Å². The first-order valence-corrected chi connectivity index (χ1v) is 7.25. The van der Waals surface area contributed by atoms with Crippen LogP contribution in [0, 0.1) is 5.82 Å². The summed E-state index contributed by atoms with van der Waals surface area (Å²) in [6.45, 7) is 0. The van der Waals surface area contributed by atoms with Crippen LogP contribution >= 0.6 is 0 Å². The summed E-state index contributed by atoms with van der Waals surface area (Å²) in [5, 5.41) is 0. The zero-order chi connectivity index (χ0) is 21.3. The van der Waals surface area contributed by atoms with Crippen molar-refractivity contribution in [2.24, 2.45) is 0 Å². The number of benzene rings is 1. The van der Waals surface area contributed by atoms with Crippen LogP contribution in [0.2, 0.25) is 0 Å². The highest BCUT2D eigenvalue weighted by atomic mass is 19.4. The number of hydrogen-bond acceptors (Lipinski definition) is 2. The maximum Gasteiger partial charge on any atom is 0.417 e. The predicted molar refractivity (Wildman–Crippen MR) is 79.0 cm³/mol. The van der Waals surface area contributed by atoms with Gasteiger partial charge < -0.3 is 0 Å². The van der Waals surface area contributed by atoms with Gasteiger partial charge in [-0.05, 0) is 24.3 Å². The quantitative estimate of drug-likeness (QED) is 0.349. The lowest BCUT2D eigenvalue weighted by molar-refractivity contribution is -0.137. The third-order valence-corrected chi connectivity index (χ3v) is 3.46. The minimum absolute atomic E-state index is 0.0595.